The van der Waals surface area contributed by atoms with Crippen LogP contribution in [0.2, 0.25) is 0 Å². The van der Waals surface area contributed by atoms with Gasteiger partial charge in [0.25, 0.3) is 0 Å². The Labute approximate surface area is 196 Å². The van der Waals surface area contributed by atoms with E-state index in [0.29, 0.717) is 35.8 Å². The highest BCUT2D eigenvalue weighted by Gasteiger charge is 2.35. The van der Waals surface area contributed by atoms with Gasteiger partial charge in [-0.3, -0.25) is 13.9 Å². The lowest BCUT2D eigenvalue weighted by molar-refractivity contribution is -0.137. The van der Waals surface area contributed by atoms with Crippen molar-refractivity contribution < 1.29 is 27.1 Å². The first-order chi connectivity index (χ1) is 15.7. The van der Waals surface area contributed by atoms with Gasteiger partial charge in [-0.2, -0.15) is 23.8 Å². The third-order valence-electron chi connectivity index (χ3n) is 5.56. The Bertz CT molecular complexity index is 1230. The number of fused-ring (bicyclic) bond motifs is 1. The molecule has 34 heavy (non-hydrogen) atoms. The Kier molecular flexibility index (Phi) is 6.03. The topological polar surface area (TPSA) is 103 Å². The fraction of sp³-hybridized carbons (Fsp3) is 0.409. The summed E-state index contributed by atoms with van der Waals surface area (Å²) >= 11 is 0. The lowest BCUT2D eigenvalue weighted by atomic mass is 9.95. The zero-order valence-electron chi connectivity index (χ0n) is 18.9. The number of halogens is 3. The van der Waals surface area contributed by atoms with E-state index in [1.165, 1.54) is 16.6 Å². The van der Waals surface area contributed by atoms with Gasteiger partial charge in [-0.25, -0.2) is 9.50 Å². The summed E-state index contributed by atoms with van der Waals surface area (Å²) in [7, 11) is -2.53. The average Bonchev–Trinajstić information content (AvgIpc) is 3.15. The standard InChI is InChI=1S/C22H26F3N5O3S/c1-21(2,3)20(31)27-16-12-14(4-5-15(16)22(23,24)25)17-13-30-18(26-17)6-7-19(28-30)29-8-10-34(32,33)11-9-29/h4-7,12-13,32-33H,8-11H2,1-3H3,(H,27,31). The number of anilines is 2. The molecule has 1 saturated heterocycles. The number of carbonyl (C=O) groups excluding carboxylic acids is 1. The number of nitrogens with zero attached hydrogens (tertiary/aromatic N) is 4. The molecule has 0 saturated carbocycles. The van der Waals surface area contributed by atoms with Gasteiger partial charge in [-0.05, 0) is 24.3 Å². The second-order valence-corrected chi connectivity index (χ2v) is 11.7. The Morgan fingerprint density at radius 1 is 1.09 bits per heavy atom. The zero-order valence-corrected chi connectivity index (χ0v) is 19.7. The second kappa shape index (κ2) is 8.43. The van der Waals surface area contributed by atoms with E-state index < -0.39 is 33.7 Å². The molecule has 0 spiro atoms. The summed E-state index contributed by atoms with van der Waals surface area (Å²) in [5.41, 5.74) is -0.838. The molecule has 0 unspecified atom stereocenters. The molecule has 184 valence electrons. The van der Waals surface area contributed by atoms with Crippen molar-refractivity contribution in [2.75, 3.05) is 34.8 Å². The summed E-state index contributed by atoms with van der Waals surface area (Å²) in [4.78, 5) is 18.8. The molecule has 0 radical (unpaired) electrons. The molecule has 1 aromatic carbocycles. The van der Waals surface area contributed by atoms with Crippen LogP contribution in [0.4, 0.5) is 24.7 Å². The molecule has 2 aromatic heterocycles. The third-order valence-corrected chi connectivity index (χ3v) is 7.23. The summed E-state index contributed by atoms with van der Waals surface area (Å²) in [6, 6.07) is 7.02. The van der Waals surface area contributed by atoms with E-state index in [-0.39, 0.29) is 17.2 Å². The monoisotopic (exact) mass is 497 g/mol. The molecule has 1 aliphatic heterocycles. The van der Waals surface area contributed by atoms with Crippen LogP contribution in [0.25, 0.3) is 16.9 Å². The smallest absolute Gasteiger partial charge is 0.352 e. The van der Waals surface area contributed by atoms with Gasteiger partial charge in [0.05, 0.1) is 34.6 Å². The predicted molar refractivity (Wildman–Crippen MR) is 126 cm³/mol. The summed E-state index contributed by atoms with van der Waals surface area (Å²) < 4.78 is 61.8. The van der Waals surface area contributed by atoms with Crippen LogP contribution in [0, 0.1) is 5.41 Å². The maximum Gasteiger partial charge on any atom is 0.418 e. The molecule has 3 aromatic rings. The van der Waals surface area contributed by atoms with Crippen molar-refractivity contribution in [3.8, 4) is 11.3 Å². The molecule has 0 atom stereocenters. The van der Waals surface area contributed by atoms with Gasteiger partial charge in [0, 0.05) is 24.1 Å². The van der Waals surface area contributed by atoms with Crippen LogP contribution in [-0.4, -0.2) is 54.2 Å². The highest BCUT2D eigenvalue weighted by atomic mass is 32.3. The molecule has 0 bridgehead atoms. The van der Waals surface area contributed by atoms with Crippen molar-refractivity contribution in [1.82, 2.24) is 14.6 Å². The predicted octanol–water partition coefficient (Wildman–Crippen LogP) is 4.97. The number of alkyl halides is 3. The first kappa shape index (κ1) is 24.3. The number of aromatic nitrogens is 3. The molecule has 3 N–H and O–H groups in total. The normalized spacial score (nSPS) is 17.6. The summed E-state index contributed by atoms with van der Waals surface area (Å²) in [6.45, 7) is 5.77. The van der Waals surface area contributed by atoms with Crippen molar-refractivity contribution in [3.63, 3.8) is 0 Å². The molecule has 1 amide bonds. The first-order valence-corrected chi connectivity index (χ1v) is 12.5. The number of hydrogen-bond donors (Lipinski definition) is 3. The molecule has 1 aliphatic rings. The minimum atomic E-state index is -4.63. The molecule has 3 heterocycles. The number of carbonyl (C=O) groups is 1. The summed E-state index contributed by atoms with van der Waals surface area (Å²) in [5.74, 6) is 0.652. The van der Waals surface area contributed by atoms with Crippen molar-refractivity contribution >= 4 is 33.6 Å². The van der Waals surface area contributed by atoms with Crippen molar-refractivity contribution in [2.45, 2.75) is 26.9 Å². The van der Waals surface area contributed by atoms with Crippen LogP contribution in [0.3, 0.4) is 0 Å². The van der Waals surface area contributed by atoms with E-state index in [4.69, 9.17) is 0 Å². The van der Waals surface area contributed by atoms with Gasteiger partial charge in [-0.1, -0.05) is 26.8 Å². The van der Waals surface area contributed by atoms with Gasteiger partial charge in [0.1, 0.15) is 5.82 Å². The number of imidazole rings is 1. The van der Waals surface area contributed by atoms with Crippen molar-refractivity contribution in [3.05, 3.63) is 42.1 Å². The van der Waals surface area contributed by atoms with Crippen LogP contribution in [0.15, 0.2) is 36.5 Å². The van der Waals surface area contributed by atoms with E-state index in [2.05, 4.69) is 15.4 Å². The van der Waals surface area contributed by atoms with E-state index in [9.17, 15) is 27.1 Å². The van der Waals surface area contributed by atoms with Gasteiger partial charge >= 0.3 is 6.18 Å². The lowest BCUT2D eigenvalue weighted by Crippen LogP contribution is -2.38. The number of rotatable bonds is 3. The van der Waals surface area contributed by atoms with E-state index in [1.54, 1.807) is 39.1 Å². The summed E-state index contributed by atoms with van der Waals surface area (Å²) in [6.07, 6.45) is -3.03. The van der Waals surface area contributed by atoms with E-state index in [0.717, 1.165) is 6.07 Å². The molecule has 4 rings (SSSR count). The highest BCUT2D eigenvalue weighted by molar-refractivity contribution is 8.24. The maximum absolute atomic E-state index is 13.6. The average molecular weight is 498 g/mol. The number of hydrogen-bond acceptors (Lipinski definition) is 6. The molecule has 0 aliphatic carbocycles. The van der Waals surface area contributed by atoms with E-state index in [1.807, 2.05) is 4.90 Å². The third kappa shape index (κ3) is 5.13. The zero-order chi connectivity index (χ0) is 24.9. The van der Waals surface area contributed by atoms with Crippen LogP contribution in [0.1, 0.15) is 26.3 Å². The van der Waals surface area contributed by atoms with Gasteiger partial charge in [-0.15, -0.1) is 5.10 Å². The van der Waals surface area contributed by atoms with Crippen molar-refractivity contribution in [2.24, 2.45) is 5.41 Å². The quantitative estimate of drug-likeness (QED) is 0.472. The minimum absolute atomic E-state index is 0.274. The first-order valence-electron chi connectivity index (χ1n) is 10.6. The largest absolute Gasteiger partial charge is 0.418 e. The van der Waals surface area contributed by atoms with Crippen LogP contribution in [-0.2, 0) is 11.0 Å². The summed E-state index contributed by atoms with van der Waals surface area (Å²) in [5, 5.41) is 6.93. The number of benzene rings is 1. The van der Waals surface area contributed by atoms with Crippen molar-refractivity contribution in [1.29, 1.82) is 0 Å². The minimum Gasteiger partial charge on any atom is -0.352 e. The fourth-order valence-electron chi connectivity index (χ4n) is 3.50. The SMILES string of the molecule is CC(C)(C)C(=O)Nc1cc(-c2cn3nc(N4CCS(O)(O)CC4)ccc3n2)ccc1C(F)(F)F. The molecule has 12 heteroatoms. The number of nitrogens with one attached hydrogen (secondary N) is 1. The Hall–Kier alpha value is -2.83. The van der Waals surface area contributed by atoms with Crippen LogP contribution < -0.4 is 10.2 Å². The van der Waals surface area contributed by atoms with E-state index >= 15 is 0 Å². The molecular weight excluding hydrogens is 471 g/mol. The Balaban J connectivity index is 1.67. The fourth-order valence-corrected chi connectivity index (χ4v) is 4.73. The Morgan fingerprint density at radius 3 is 2.38 bits per heavy atom. The van der Waals surface area contributed by atoms with Gasteiger partial charge < -0.3 is 10.2 Å². The maximum atomic E-state index is 13.6. The second-order valence-electron chi connectivity index (χ2n) is 9.28. The van der Waals surface area contributed by atoms with Crippen LogP contribution >= 0.6 is 10.6 Å². The molecular formula is C22H26F3N5O3S. The Morgan fingerprint density at radius 2 is 1.76 bits per heavy atom. The van der Waals surface area contributed by atoms with Gasteiger partial charge in [0.15, 0.2) is 5.65 Å². The van der Waals surface area contributed by atoms with Crippen LogP contribution in [0.5, 0.6) is 0 Å². The molecule has 1 fully saturated rings. The number of amides is 1. The lowest BCUT2D eigenvalue weighted by Gasteiger charge is -2.41. The molecule has 8 nitrogen and oxygen atoms in total. The van der Waals surface area contributed by atoms with Gasteiger partial charge in [0.2, 0.25) is 5.91 Å². The highest BCUT2D eigenvalue weighted by Crippen LogP contribution is 2.41.